The summed E-state index contributed by atoms with van der Waals surface area (Å²) < 4.78 is 7.74. The molecule has 2 aromatic carbocycles. The van der Waals surface area contributed by atoms with Gasteiger partial charge in [-0.05, 0) is 42.8 Å². The van der Waals surface area contributed by atoms with E-state index in [1.54, 1.807) is 12.0 Å². The minimum absolute atomic E-state index is 0.0373. The van der Waals surface area contributed by atoms with Gasteiger partial charge in [0.15, 0.2) is 0 Å². The average Bonchev–Trinajstić information content (AvgIpc) is 3.42. The maximum atomic E-state index is 13.2. The smallest absolute Gasteiger partial charge is 0.266 e. The van der Waals surface area contributed by atoms with E-state index in [1.165, 1.54) is 37.4 Å². The van der Waals surface area contributed by atoms with E-state index in [2.05, 4.69) is 6.92 Å². The number of hydrogen-bond donors (Lipinski definition) is 0. The topological polar surface area (TPSA) is 47.4 Å². The van der Waals surface area contributed by atoms with Crippen LogP contribution in [0.4, 0.5) is 0 Å². The van der Waals surface area contributed by atoms with Crippen LogP contribution < -0.4 is 4.74 Å². The fraction of sp³-hybridized carbons (Fsp3) is 0.321. The summed E-state index contributed by atoms with van der Waals surface area (Å²) in [6.45, 7) is 2.88. The molecule has 2 heterocycles. The molecule has 3 aromatic rings. The summed E-state index contributed by atoms with van der Waals surface area (Å²) in [5.74, 6) is 0.560. The molecule has 36 heavy (non-hydrogen) atoms. The van der Waals surface area contributed by atoms with Gasteiger partial charge in [0, 0.05) is 23.9 Å². The number of carbonyl (C=O) groups is 1. The number of carbonyl (C=O) groups excluding carboxylic acids is 1. The summed E-state index contributed by atoms with van der Waals surface area (Å²) in [6.07, 6.45) is 10.8. The van der Waals surface area contributed by atoms with Crippen LogP contribution in [-0.4, -0.2) is 38.6 Å². The quantitative estimate of drug-likeness (QED) is 0.141. The third-order valence-electron chi connectivity index (χ3n) is 6.08. The first-order valence-electron chi connectivity index (χ1n) is 12.3. The lowest BCUT2D eigenvalue weighted by molar-refractivity contribution is -0.122. The molecule has 5 nitrogen and oxygen atoms in total. The number of benzene rings is 2. The lowest BCUT2D eigenvalue weighted by atomic mass is 10.1. The Morgan fingerprint density at radius 3 is 2.56 bits per heavy atom. The molecule has 4 rings (SSSR count). The minimum atomic E-state index is -0.0373. The largest absolute Gasteiger partial charge is 0.495 e. The Morgan fingerprint density at radius 1 is 1.08 bits per heavy atom. The summed E-state index contributed by atoms with van der Waals surface area (Å²) in [7, 11) is 1.59. The Kier molecular flexibility index (Phi) is 9.24. The number of amides is 1. The fourth-order valence-electron chi connectivity index (χ4n) is 4.13. The Labute approximate surface area is 227 Å². The van der Waals surface area contributed by atoms with E-state index < -0.39 is 0 Å². The number of nitrogens with zero attached hydrogens (tertiary/aromatic N) is 3. The van der Waals surface area contributed by atoms with Gasteiger partial charge in [-0.2, -0.15) is 5.10 Å². The molecule has 1 aliphatic rings. The van der Waals surface area contributed by atoms with E-state index in [0.29, 0.717) is 26.5 Å². The fourth-order valence-corrected chi connectivity index (χ4v) is 5.69. The first kappa shape index (κ1) is 26.5. The van der Waals surface area contributed by atoms with Crippen LogP contribution >= 0.6 is 35.6 Å². The van der Waals surface area contributed by atoms with Crippen molar-refractivity contribution in [3.8, 4) is 22.7 Å². The summed E-state index contributed by atoms with van der Waals surface area (Å²) in [4.78, 5) is 15.6. The number of methoxy groups -OCH3 is 1. The monoisotopic (exact) mass is 539 g/mol. The second-order valence-electron chi connectivity index (χ2n) is 8.66. The van der Waals surface area contributed by atoms with Crippen molar-refractivity contribution in [1.82, 2.24) is 14.7 Å². The molecule has 8 heteroatoms. The van der Waals surface area contributed by atoms with Gasteiger partial charge in [0.2, 0.25) is 0 Å². The number of unbranched alkanes of at least 4 members (excludes halogenated alkanes) is 5. The van der Waals surface area contributed by atoms with E-state index in [-0.39, 0.29) is 5.91 Å². The van der Waals surface area contributed by atoms with Crippen molar-refractivity contribution in [3.05, 3.63) is 70.2 Å². The maximum absolute atomic E-state index is 13.2. The van der Waals surface area contributed by atoms with Crippen molar-refractivity contribution in [2.75, 3.05) is 13.7 Å². The zero-order chi connectivity index (χ0) is 25.5. The third kappa shape index (κ3) is 6.20. The molecule has 1 aromatic heterocycles. The predicted molar refractivity (Wildman–Crippen MR) is 154 cm³/mol. The number of ether oxygens (including phenoxy) is 1. The Morgan fingerprint density at radius 2 is 1.83 bits per heavy atom. The molecule has 1 aliphatic heterocycles. The standard InChI is InChI=1S/C28H30ClN3O2S2/c1-3-4-5-6-7-11-16-31-27(33)25(36-28(31)35)18-21-19-32(22-12-9-8-10-13-22)30-26(21)20-14-15-24(34-2)23(29)17-20/h8-10,12-15,17-19H,3-7,11,16H2,1-2H3. The normalized spacial score (nSPS) is 14.8. The van der Waals surface area contributed by atoms with Gasteiger partial charge in [0.05, 0.1) is 22.7 Å². The molecule has 0 atom stereocenters. The highest BCUT2D eigenvalue weighted by Crippen LogP contribution is 2.36. The van der Waals surface area contributed by atoms with Crippen LogP contribution in [0.25, 0.3) is 23.0 Å². The molecule has 0 aliphatic carbocycles. The van der Waals surface area contributed by atoms with E-state index in [0.717, 1.165) is 35.3 Å². The Balaban J connectivity index is 1.61. The van der Waals surface area contributed by atoms with Gasteiger partial charge in [-0.15, -0.1) is 0 Å². The van der Waals surface area contributed by atoms with Crippen LogP contribution in [0.2, 0.25) is 5.02 Å². The molecule has 0 N–H and O–H groups in total. The maximum Gasteiger partial charge on any atom is 0.266 e. The molecule has 0 spiro atoms. The third-order valence-corrected chi connectivity index (χ3v) is 7.76. The van der Waals surface area contributed by atoms with Crippen molar-refractivity contribution < 1.29 is 9.53 Å². The summed E-state index contributed by atoms with van der Waals surface area (Å²) in [5, 5.41) is 5.34. The first-order chi connectivity index (χ1) is 17.5. The highest BCUT2D eigenvalue weighted by Gasteiger charge is 2.32. The van der Waals surface area contributed by atoms with Crippen molar-refractivity contribution in [3.63, 3.8) is 0 Å². The second kappa shape index (κ2) is 12.6. The number of aromatic nitrogens is 2. The number of thioether (sulfide) groups is 1. The van der Waals surface area contributed by atoms with Crippen LogP contribution in [-0.2, 0) is 4.79 Å². The number of thiocarbonyl (C=S) groups is 1. The molecule has 1 fully saturated rings. The minimum Gasteiger partial charge on any atom is -0.495 e. The van der Waals surface area contributed by atoms with E-state index in [9.17, 15) is 4.79 Å². The lowest BCUT2D eigenvalue weighted by Crippen LogP contribution is -2.29. The average molecular weight is 540 g/mol. The van der Waals surface area contributed by atoms with Gasteiger partial charge in [-0.3, -0.25) is 9.69 Å². The van der Waals surface area contributed by atoms with Crippen molar-refractivity contribution in [2.24, 2.45) is 0 Å². The molecule has 1 amide bonds. The van der Waals surface area contributed by atoms with E-state index in [1.807, 2.05) is 65.5 Å². The van der Waals surface area contributed by atoms with Crippen LogP contribution in [0.15, 0.2) is 59.6 Å². The van der Waals surface area contributed by atoms with Crippen LogP contribution in [0.5, 0.6) is 5.75 Å². The van der Waals surface area contributed by atoms with Gasteiger partial charge in [-0.25, -0.2) is 4.68 Å². The van der Waals surface area contributed by atoms with Crippen LogP contribution in [0.3, 0.4) is 0 Å². The van der Waals surface area contributed by atoms with Crippen molar-refractivity contribution >= 4 is 51.9 Å². The number of para-hydroxylation sites is 1. The molecule has 0 saturated carbocycles. The van der Waals surface area contributed by atoms with Gasteiger partial charge >= 0.3 is 0 Å². The highest BCUT2D eigenvalue weighted by molar-refractivity contribution is 8.26. The van der Waals surface area contributed by atoms with E-state index in [4.69, 9.17) is 33.7 Å². The lowest BCUT2D eigenvalue weighted by Gasteiger charge is -2.14. The molecule has 188 valence electrons. The molecule has 0 bridgehead atoms. The second-order valence-corrected chi connectivity index (χ2v) is 10.7. The van der Waals surface area contributed by atoms with Crippen molar-refractivity contribution in [2.45, 2.75) is 45.4 Å². The number of rotatable bonds is 11. The predicted octanol–water partition coefficient (Wildman–Crippen LogP) is 7.76. The molecular weight excluding hydrogens is 510 g/mol. The van der Waals surface area contributed by atoms with Crippen LogP contribution in [0, 0.1) is 0 Å². The molecule has 1 saturated heterocycles. The van der Waals surface area contributed by atoms with Gasteiger partial charge < -0.3 is 4.74 Å². The van der Waals surface area contributed by atoms with Crippen molar-refractivity contribution in [1.29, 1.82) is 0 Å². The molecule has 0 radical (unpaired) electrons. The van der Waals surface area contributed by atoms with Crippen LogP contribution in [0.1, 0.15) is 51.0 Å². The summed E-state index contributed by atoms with van der Waals surface area (Å²) >= 11 is 13.3. The zero-order valence-electron chi connectivity index (χ0n) is 20.6. The number of hydrogen-bond acceptors (Lipinski definition) is 5. The van der Waals surface area contributed by atoms with Gasteiger partial charge in [0.1, 0.15) is 15.8 Å². The Hall–Kier alpha value is -2.61. The molecule has 0 unspecified atom stereocenters. The molecular formula is C28H30ClN3O2S2. The summed E-state index contributed by atoms with van der Waals surface area (Å²) in [6, 6.07) is 15.4. The Bertz CT molecular complexity index is 1260. The first-order valence-corrected chi connectivity index (χ1v) is 13.9. The van der Waals surface area contributed by atoms with Gasteiger partial charge in [0.25, 0.3) is 5.91 Å². The zero-order valence-corrected chi connectivity index (χ0v) is 23.0. The summed E-state index contributed by atoms with van der Waals surface area (Å²) in [5.41, 5.74) is 3.31. The SMILES string of the molecule is CCCCCCCCN1C(=O)C(=Cc2cn(-c3ccccc3)nc2-c2ccc(OC)c(Cl)c2)SC1=S. The highest BCUT2D eigenvalue weighted by atomic mass is 35.5. The van der Waals surface area contributed by atoms with E-state index >= 15 is 0 Å². The number of halogens is 1. The van der Waals surface area contributed by atoms with Gasteiger partial charge in [-0.1, -0.05) is 92.8 Å².